The lowest BCUT2D eigenvalue weighted by Gasteiger charge is -2.00. The fourth-order valence-corrected chi connectivity index (χ4v) is 4.65. The summed E-state index contributed by atoms with van der Waals surface area (Å²) < 4.78 is 1.86. The molecule has 0 aliphatic rings. The van der Waals surface area contributed by atoms with Crippen LogP contribution in [0, 0.1) is 0 Å². The molecule has 160 valence electrons. The zero-order chi connectivity index (χ0) is 22.5. The molecular weight excluding hydrogens is 424 g/mol. The van der Waals surface area contributed by atoms with Crippen LogP contribution < -0.4 is 0 Å². The number of benzene rings is 3. The largest absolute Gasteiger partial charge is 0.288 e. The summed E-state index contributed by atoms with van der Waals surface area (Å²) in [6, 6.07) is 34.3. The van der Waals surface area contributed by atoms with Crippen LogP contribution in [-0.2, 0) is 6.42 Å². The summed E-state index contributed by atoms with van der Waals surface area (Å²) in [5.74, 6) is 0.00536. The molecule has 4 heteroatoms. The predicted octanol–water partition coefficient (Wildman–Crippen LogP) is 7.09. The molecule has 33 heavy (non-hydrogen) atoms. The number of rotatable bonds is 7. The second-order valence-corrected chi connectivity index (χ2v) is 8.87. The summed E-state index contributed by atoms with van der Waals surface area (Å²) in [4.78, 5) is 14.8. The Bertz CT molecular complexity index is 1380. The molecule has 0 unspecified atom stereocenters. The number of allylic oxidation sites excluding steroid dienone is 1. The molecule has 0 atom stereocenters. The van der Waals surface area contributed by atoms with E-state index in [0.717, 1.165) is 33.8 Å². The Hall–Kier alpha value is -4.02. The van der Waals surface area contributed by atoms with E-state index in [9.17, 15) is 4.79 Å². The van der Waals surface area contributed by atoms with Crippen LogP contribution >= 0.6 is 11.3 Å². The maximum absolute atomic E-state index is 12.9. The average Bonchev–Trinajstić information content (AvgIpc) is 3.52. The zero-order valence-corrected chi connectivity index (χ0v) is 18.8. The van der Waals surface area contributed by atoms with Crippen LogP contribution in [0.1, 0.15) is 25.7 Å². The quantitative estimate of drug-likeness (QED) is 0.198. The number of nitrogens with zero attached hydrogens (tertiary/aromatic N) is 2. The molecule has 5 aromatic rings. The summed E-state index contributed by atoms with van der Waals surface area (Å²) in [6.45, 7) is 0. The lowest BCUT2D eigenvalue weighted by molar-refractivity contribution is 0.105. The van der Waals surface area contributed by atoms with Crippen LogP contribution in [0.2, 0.25) is 0 Å². The first-order valence-electron chi connectivity index (χ1n) is 10.8. The van der Waals surface area contributed by atoms with Crippen molar-refractivity contribution in [3.63, 3.8) is 0 Å². The second kappa shape index (κ2) is 9.63. The fraction of sp³-hybridized carbons (Fsp3) is 0.0345. The van der Waals surface area contributed by atoms with Gasteiger partial charge < -0.3 is 0 Å². The second-order valence-electron chi connectivity index (χ2n) is 7.71. The van der Waals surface area contributed by atoms with Crippen molar-refractivity contribution in [2.45, 2.75) is 6.42 Å². The number of carbonyl (C=O) groups is 1. The van der Waals surface area contributed by atoms with Crippen LogP contribution in [0.15, 0.2) is 115 Å². The maximum Gasteiger partial charge on any atom is 0.195 e. The van der Waals surface area contributed by atoms with Gasteiger partial charge in [0.1, 0.15) is 0 Å². The molecule has 2 heterocycles. The third-order valence-electron chi connectivity index (χ3n) is 5.35. The number of ketones is 1. The van der Waals surface area contributed by atoms with Crippen LogP contribution in [-0.4, -0.2) is 15.6 Å². The number of carbonyl (C=O) groups excluding carboxylic acids is 1. The van der Waals surface area contributed by atoms with E-state index in [1.807, 2.05) is 108 Å². The van der Waals surface area contributed by atoms with E-state index in [0.29, 0.717) is 0 Å². The summed E-state index contributed by atoms with van der Waals surface area (Å²) in [5.41, 5.74) is 4.98. The Balaban J connectivity index is 1.41. The third kappa shape index (κ3) is 4.92. The summed E-state index contributed by atoms with van der Waals surface area (Å²) in [7, 11) is 0. The van der Waals surface area contributed by atoms with Crippen molar-refractivity contribution in [1.82, 2.24) is 9.78 Å². The van der Waals surface area contributed by atoms with Gasteiger partial charge in [0.25, 0.3) is 0 Å². The van der Waals surface area contributed by atoms with Gasteiger partial charge in [-0.15, -0.1) is 11.3 Å². The third-order valence-corrected chi connectivity index (χ3v) is 6.45. The first kappa shape index (κ1) is 20.9. The number of hydrogen-bond acceptors (Lipinski definition) is 3. The molecule has 0 saturated heterocycles. The van der Waals surface area contributed by atoms with Crippen LogP contribution in [0.25, 0.3) is 23.0 Å². The molecule has 3 aromatic carbocycles. The predicted molar refractivity (Wildman–Crippen MR) is 136 cm³/mol. The molecule has 0 fully saturated rings. The molecule has 0 aliphatic heterocycles. The Morgan fingerprint density at radius 1 is 0.818 bits per heavy atom. The van der Waals surface area contributed by atoms with Crippen molar-refractivity contribution in [2.75, 3.05) is 0 Å². The van der Waals surface area contributed by atoms with Crippen LogP contribution in [0.4, 0.5) is 0 Å². The van der Waals surface area contributed by atoms with Gasteiger partial charge in [0.15, 0.2) is 5.78 Å². The highest BCUT2D eigenvalue weighted by molar-refractivity contribution is 7.14. The molecule has 0 saturated carbocycles. The van der Waals surface area contributed by atoms with Gasteiger partial charge in [-0.05, 0) is 42.0 Å². The molecule has 0 aliphatic carbocycles. The van der Waals surface area contributed by atoms with Gasteiger partial charge in [-0.1, -0.05) is 78.9 Å². The van der Waals surface area contributed by atoms with Crippen molar-refractivity contribution >= 4 is 23.2 Å². The van der Waals surface area contributed by atoms with Gasteiger partial charge in [-0.3, -0.25) is 4.79 Å². The van der Waals surface area contributed by atoms with Gasteiger partial charge >= 0.3 is 0 Å². The highest BCUT2D eigenvalue weighted by Crippen LogP contribution is 2.26. The summed E-state index contributed by atoms with van der Waals surface area (Å²) in [6.07, 6.45) is 6.33. The molecule has 5 rings (SSSR count). The molecule has 0 bridgehead atoms. The average molecular weight is 447 g/mol. The normalized spacial score (nSPS) is 11.2. The van der Waals surface area contributed by atoms with Crippen molar-refractivity contribution in [3.8, 4) is 16.9 Å². The summed E-state index contributed by atoms with van der Waals surface area (Å²) in [5, 5.41) is 4.81. The zero-order valence-electron chi connectivity index (χ0n) is 18.0. The molecular formula is C29H22N2OS. The van der Waals surface area contributed by atoms with Crippen LogP contribution in [0.5, 0.6) is 0 Å². The first-order valence-corrected chi connectivity index (χ1v) is 11.6. The molecule has 3 nitrogen and oxygen atoms in total. The Labute approximate surface area is 197 Å². The molecule has 0 N–H and O–H groups in total. The Morgan fingerprint density at radius 2 is 1.48 bits per heavy atom. The van der Waals surface area contributed by atoms with Crippen molar-refractivity contribution in [2.24, 2.45) is 0 Å². The SMILES string of the molecule is O=C(/C=C/c1cn(-c2ccccc2)nc1-c1ccccc1)c1ccc(Cc2ccccc2)s1. The maximum atomic E-state index is 12.9. The minimum atomic E-state index is 0.00536. The summed E-state index contributed by atoms with van der Waals surface area (Å²) >= 11 is 1.55. The highest BCUT2D eigenvalue weighted by atomic mass is 32.1. The first-order chi connectivity index (χ1) is 16.3. The van der Waals surface area contributed by atoms with E-state index < -0.39 is 0 Å². The van der Waals surface area contributed by atoms with Crippen LogP contribution in [0.3, 0.4) is 0 Å². The molecule has 2 aromatic heterocycles. The topological polar surface area (TPSA) is 34.9 Å². The van der Waals surface area contributed by atoms with Gasteiger partial charge in [0, 0.05) is 28.6 Å². The molecule has 0 amide bonds. The monoisotopic (exact) mass is 446 g/mol. The Morgan fingerprint density at radius 3 is 2.21 bits per heavy atom. The molecule has 0 radical (unpaired) electrons. The van der Waals surface area contributed by atoms with E-state index in [4.69, 9.17) is 5.10 Å². The van der Waals surface area contributed by atoms with Crippen molar-refractivity contribution < 1.29 is 4.79 Å². The lowest BCUT2D eigenvalue weighted by Crippen LogP contribution is -1.93. The van der Waals surface area contributed by atoms with E-state index in [-0.39, 0.29) is 5.78 Å². The minimum absolute atomic E-state index is 0.00536. The number of hydrogen-bond donors (Lipinski definition) is 0. The van der Waals surface area contributed by atoms with Gasteiger partial charge in [-0.25, -0.2) is 4.68 Å². The van der Waals surface area contributed by atoms with Gasteiger partial charge in [0.05, 0.1) is 16.3 Å². The van der Waals surface area contributed by atoms with E-state index >= 15 is 0 Å². The van der Waals surface area contributed by atoms with E-state index in [1.54, 1.807) is 17.4 Å². The standard InChI is InChI=1S/C29H22N2OS/c32-27(28-19-17-26(33-28)20-22-10-4-1-5-11-22)18-16-24-21-31(25-14-8-3-9-15-25)30-29(24)23-12-6-2-7-13-23/h1-19,21H,20H2/b18-16+. The smallest absolute Gasteiger partial charge is 0.195 e. The number of thiophene rings is 1. The minimum Gasteiger partial charge on any atom is -0.288 e. The highest BCUT2D eigenvalue weighted by Gasteiger charge is 2.12. The van der Waals surface area contributed by atoms with Gasteiger partial charge in [-0.2, -0.15) is 5.10 Å². The van der Waals surface area contributed by atoms with Crippen molar-refractivity contribution in [1.29, 1.82) is 0 Å². The molecule has 0 spiro atoms. The van der Waals surface area contributed by atoms with Gasteiger partial charge in [0.2, 0.25) is 0 Å². The Kier molecular flexibility index (Phi) is 6.09. The fourth-order valence-electron chi connectivity index (χ4n) is 3.69. The van der Waals surface area contributed by atoms with E-state index in [2.05, 4.69) is 12.1 Å². The van der Waals surface area contributed by atoms with E-state index in [1.165, 1.54) is 10.4 Å². The lowest BCUT2D eigenvalue weighted by atomic mass is 10.1. The number of aromatic nitrogens is 2. The number of para-hydroxylation sites is 1. The van der Waals surface area contributed by atoms with Crippen molar-refractivity contribution in [3.05, 3.63) is 136 Å².